The van der Waals surface area contributed by atoms with E-state index in [-0.39, 0.29) is 0 Å². The molecule has 1 aromatic carbocycles. The minimum Gasteiger partial charge on any atom is -0.318 e. The van der Waals surface area contributed by atoms with Gasteiger partial charge in [-0.05, 0) is 24.1 Å². The molecule has 1 heterocycles. The number of aromatic nitrogens is 2. The first-order valence-corrected chi connectivity index (χ1v) is 4.81. The summed E-state index contributed by atoms with van der Waals surface area (Å²) in [7, 11) is 1.91. The number of aryl methyl sites for hydroxylation is 1. The maximum Gasteiger partial charge on any atom is 0.202 e. The summed E-state index contributed by atoms with van der Waals surface area (Å²) in [6, 6.07) is 8.19. The van der Waals surface area contributed by atoms with Gasteiger partial charge in [0.15, 0.2) is 0 Å². The smallest absolute Gasteiger partial charge is 0.202 e. The Morgan fingerprint density at radius 3 is 2.57 bits per heavy atom. The van der Waals surface area contributed by atoms with Crippen molar-refractivity contribution in [1.29, 1.82) is 0 Å². The standard InChI is InChI=1S/C11H11ClN2/c1-8-5-3-4-6-9(8)10-7-13-11(12)14(10)2/h3-7H,1-2H3. The Bertz CT molecular complexity index is 460. The molecule has 0 bridgehead atoms. The third-order valence-corrected chi connectivity index (χ3v) is 2.70. The van der Waals surface area contributed by atoms with Crippen LogP contribution in [0.3, 0.4) is 0 Å². The lowest BCUT2D eigenvalue weighted by Crippen LogP contribution is -1.92. The highest BCUT2D eigenvalue weighted by Gasteiger charge is 2.07. The van der Waals surface area contributed by atoms with Crippen LogP contribution in [0.25, 0.3) is 11.3 Å². The number of halogens is 1. The Labute approximate surface area is 88.2 Å². The van der Waals surface area contributed by atoms with E-state index in [1.54, 1.807) is 6.20 Å². The quantitative estimate of drug-likeness (QED) is 0.701. The number of imidazole rings is 1. The molecule has 72 valence electrons. The van der Waals surface area contributed by atoms with Crippen molar-refractivity contribution in [2.75, 3.05) is 0 Å². The van der Waals surface area contributed by atoms with Crippen molar-refractivity contribution in [1.82, 2.24) is 9.55 Å². The summed E-state index contributed by atoms with van der Waals surface area (Å²) in [4.78, 5) is 4.06. The average molecular weight is 207 g/mol. The zero-order chi connectivity index (χ0) is 10.1. The number of hydrogen-bond acceptors (Lipinski definition) is 1. The van der Waals surface area contributed by atoms with Crippen LogP contribution < -0.4 is 0 Å². The summed E-state index contributed by atoms with van der Waals surface area (Å²) in [6.45, 7) is 2.08. The molecule has 0 radical (unpaired) electrons. The van der Waals surface area contributed by atoms with Crippen molar-refractivity contribution in [3.8, 4) is 11.3 Å². The third kappa shape index (κ3) is 1.42. The van der Waals surface area contributed by atoms with Crippen molar-refractivity contribution < 1.29 is 0 Å². The Kier molecular flexibility index (Phi) is 2.30. The minimum absolute atomic E-state index is 0.517. The first-order valence-electron chi connectivity index (χ1n) is 4.43. The molecule has 2 rings (SSSR count). The van der Waals surface area contributed by atoms with Crippen LogP contribution in [0.2, 0.25) is 5.28 Å². The van der Waals surface area contributed by atoms with Gasteiger partial charge in [-0.15, -0.1) is 0 Å². The first kappa shape index (κ1) is 9.28. The predicted octanol–water partition coefficient (Wildman–Crippen LogP) is 3.05. The molecule has 0 atom stereocenters. The first-order chi connectivity index (χ1) is 6.70. The monoisotopic (exact) mass is 206 g/mol. The van der Waals surface area contributed by atoms with Crippen LogP contribution in [0.4, 0.5) is 0 Å². The zero-order valence-corrected chi connectivity index (χ0v) is 8.92. The van der Waals surface area contributed by atoms with E-state index < -0.39 is 0 Å². The lowest BCUT2D eigenvalue weighted by Gasteiger charge is -2.05. The molecule has 0 unspecified atom stereocenters. The highest BCUT2D eigenvalue weighted by molar-refractivity contribution is 6.28. The topological polar surface area (TPSA) is 17.8 Å². The molecule has 2 aromatic rings. The molecule has 0 amide bonds. The number of nitrogens with zero attached hydrogens (tertiary/aromatic N) is 2. The molecule has 0 saturated carbocycles. The van der Waals surface area contributed by atoms with Gasteiger partial charge in [0.1, 0.15) is 0 Å². The second-order valence-electron chi connectivity index (χ2n) is 3.29. The van der Waals surface area contributed by atoms with E-state index in [0.29, 0.717) is 5.28 Å². The van der Waals surface area contributed by atoms with E-state index in [4.69, 9.17) is 11.6 Å². The second-order valence-corrected chi connectivity index (χ2v) is 3.62. The van der Waals surface area contributed by atoms with Crippen molar-refractivity contribution in [2.45, 2.75) is 6.92 Å². The van der Waals surface area contributed by atoms with Crippen LogP contribution in [0.15, 0.2) is 30.5 Å². The summed E-state index contributed by atoms with van der Waals surface area (Å²) in [5, 5.41) is 0.517. The number of hydrogen-bond donors (Lipinski definition) is 0. The number of rotatable bonds is 1. The largest absolute Gasteiger partial charge is 0.318 e. The van der Waals surface area contributed by atoms with Gasteiger partial charge in [0.2, 0.25) is 5.28 Å². The van der Waals surface area contributed by atoms with Gasteiger partial charge in [0.25, 0.3) is 0 Å². The van der Waals surface area contributed by atoms with Crippen molar-refractivity contribution in [3.63, 3.8) is 0 Å². The van der Waals surface area contributed by atoms with Crippen molar-refractivity contribution in [2.24, 2.45) is 7.05 Å². The van der Waals surface area contributed by atoms with Crippen molar-refractivity contribution >= 4 is 11.6 Å². The fourth-order valence-corrected chi connectivity index (χ4v) is 1.64. The van der Waals surface area contributed by atoms with Gasteiger partial charge >= 0.3 is 0 Å². The van der Waals surface area contributed by atoms with Gasteiger partial charge in [-0.2, -0.15) is 0 Å². The molecular formula is C11H11ClN2. The zero-order valence-electron chi connectivity index (χ0n) is 8.16. The average Bonchev–Trinajstić information content (AvgIpc) is 2.49. The van der Waals surface area contributed by atoms with E-state index in [1.165, 1.54) is 11.1 Å². The molecule has 2 nitrogen and oxygen atoms in total. The predicted molar refractivity (Wildman–Crippen MR) is 58.4 cm³/mol. The van der Waals surface area contributed by atoms with Crippen LogP contribution in [0.5, 0.6) is 0 Å². The summed E-state index contributed by atoms with van der Waals surface area (Å²) >= 11 is 5.88. The van der Waals surface area contributed by atoms with Crippen LogP contribution in [-0.2, 0) is 7.05 Å². The van der Waals surface area contributed by atoms with Gasteiger partial charge in [-0.3, -0.25) is 0 Å². The Morgan fingerprint density at radius 2 is 2.00 bits per heavy atom. The van der Waals surface area contributed by atoms with Gasteiger partial charge in [0, 0.05) is 12.6 Å². The maximum absolute atomic E-state index is 5.88. The van der Waals surface area contributed by atoms with Crippen LogP contribution in [-0.4, -0.2) is 9.55 Å². The summed E-state index contributed by atoms with van der Waals surface area (Å²) in [6.07, 6.45) is 1.80. The molecule has 3 heteroatoms. The Hall–Kier alpha value is -1.28. The van der Waals surface area contributed by atoms with Crippen molar-refractivity contribution in [3.05, 3.63) is 41.3 Å². The number of benzene rings is 1. The molecule has 0 saturated heterocycles. The third-order valence-electron chi connectivity index (χ3n) is 2.35. The van der Waals surface area contributed by atoms with Crippen LogP contribution in [0, 0.1) is 6.92 Å². The second kappa shape index (κ2) is 3.46. The summed E-state index contributed by atoms with van der Waals surface area (Å²) < 4.78 is 1.88. The molecule has 0 spiro atoms. The van der Waals surface area contributed by atoms with Gasteiger partial charge in [0.05, 0.1) is 11.9 Å². The van der Waals surface area contributed by atoms with E-state index in [2.05, 4.69) is 24.0 Å². The highest BCUT2D eigenvalue weighted by atomic mass is 35.5. The summed E-state index contributed by atoms with van der Waals surface area (Å²) in [5.74, 6) is 0. The summed E-state index contributed by atoms with van der Waals surface area (Å²) in [5.41, 5.74) is 3.45. The van der Waals surface area contributed by atoms with E-state index >= 15 is 0 Å². The van der Waals surface area contributed by atoms with E-state index in [1.807, 2.05) is 23.7 Å². The molecule has 0 aliphatic carbocycles. The lowest BCUT2D eigenvalue weighted by molar-refractivity contribution is 0.921. The normalized spacial score (nSPS) is 10.5. The SMILES string of the molecule is Cc1ccccc1-c1cnc(Cl)n1C. The lowest BCUT2D eigenvalue weighted by atomic mass is 10.1. The van der Waals surface area contributed by atoms with Gasteiger partial charge in [-0.25, -0.2) is 4.98 Å². The van der Waals surface area contributed by atoms with E-state index in [9.17, 15) is 0 Å². The Balaban J connectivity index is 2.60. The van der Waals surface area contributed by atoms with Gasteiger partial charge < -0.3 is 4.57 Å². The molecule has 0 fully saturated rings. The molecule has 0 N–H and O–H groups in total. The molecule has 1 aromatic heterocycles. The minimum atomic E-state index is 0.517. The molecule has 14 heavy (non-hydrogen) atoms. The van der Waals surface area contributed by atoms with Gasteiger partial charge in [-0.1, -0.05) is 24.3 Å². The van der Waals surface area contributed by atoms with Crippen LogP contribution in [0.1, 0.15) is 5.56 Å². The fraction of sp³-hybridized carbons (Fsp3) is 0.182. The molecular weight excluding hydrogens is 196 g/mol. The fourth-order valence-electron chi connectivity index (χ4n) is 1.50. The van der Waals surface area contributed by atoms with Crippen LogP contribution >= 0.6 is 11.6 Å². The highest BCUT2D eigenvalue weighted by Crippen LogP contribution is 2.24. The molecule has 0 aliphatic heterocycles. The maximum atomic E-state index is 5.88. The molecule has 0 aliphatic rings. The Morgan fingerprint density at radius 1 is 1.29 bits per heavy atom. The van der Waals surface area contributed by atoms with E-state index in [0.717, 1.165) is 5.69 Å².